The van der Waals surface area contributed by atoms with Crippen LogP contribution in [0.5, 0.6) is 0 Å². The number of hydroxylamine groups is 2. The zero-order valence-corrected chi connectivity index (χ0v) is 17.1. The Morgan fingerprint density at radius 2 is 1.83 bits per heavy atom. The zero-order chi connectivity index (χ0) is 21.8. The number of carbonyl (C=O) groups is 3. The van der Waals surface area contributed by atoms with Crippen LogP contribution in [0.1, 0.15) is 45.1 Å². The van der Waals surface area contributed by atoms with E-state index in [0.29, 0.717) is 24.3 Å². The van der Waals surface area contributed by atoms with Crippen molar-refractivity contribution in [1.82, 2.24) is 9.96 Å². The largest absolute Gasteiger partial charge is 0.480 e. The molecule has 0 saturated carbocycles. The lowest BCUT2D eigenvalue weighted by atomic mass is 10.1. The summed E-state index contributed by atoms with van der Waals surface area (Å²) in [4.78, 5) is 42.0. The smallest absolute Gasteiger partial charge is 0.451 e. The molecule has 1 aromatic rings. The van der Waals surface area contributed by atoms with Crippen molar-refractivity contribution in [2.24, 2.45) is 0 Å². The van der Waals surface area contributed by atoms with Gasteiger partial charge in [0.25, 0.3) is 0 Å². The number of guanidine groups is 1. The first-order valence-corrected chi connectivity index (χ1v) is 9.57. The number of ether oxygens (including phenoxy) is 1. The Labute approximate surface area is 170 Å². The van der Waals surface area contributed by atoms with E-state index >= 15 is 0 Å². The molecule has 1 atom stereocenters. The highest BCUT2D eigenvalue weighted by molar-refractivity contribution is 5.94. The predicted octanol–water partition coefficient (Wildman–Crippen LogP) is 3.05. The van der Waals surface area contributed by atoms with Crippen LogP contribution in [0.3, 0.4) is 0 Å². The minimum Gasteiger partial charge on any atom is -0.480 e. The van der Waals surface area contributed by atoms with Gasteiger partial charge in [-0.05, 0) is 31.7 Å². The highest BCUT2D eigenvalue weighted by Gasteiger charge is 2.33. The second-order valence-corrected chi connectivity index (χ2v) is 6.37. The van der Waals surface area contributed by atoms with Crippen molar-refractivity contribution >= 4 is 24.0 Å². The van der Waals surface area contributed by atoms with Crippen molar-refractivity contribution in [3.63, 3.8) is 0 Å². The third-order valence-corrected chi connectivity index (χ3v) is 4.16. The van der Waals surface area contributed by atoms with Crippen LogP contribution in [0.15, 0.2) is 30.3 Å². The molecule has 1 amide bonds. The molecule has 1 rings (SSSR count). The van der Waals surface area contributed by atoms with Crippen LogP contribution in [0, 0.1) is 5.41 Å². The van der Waals surface area contributed by atoms with Crippen molar-refractivity contribution in [2.75, 3.05) is 13.7 Å². The van der Waals surface area contributed by atoms with Crippen molar-refractivity contribution in [1.29, 1.82) is 5.41 Å². The lowest BCUT2D eigenvalue weighted by Crippen LogP contribution is -2.52. The summed E-state index contributed by atoms with van der Waals surface area (Å²) in [5, 5.41) is 18.0. The van der Waals surface area contributed by atoms with Gasteiger partial charge in [0.15, 0.2) is 0 Å². The normalized spacial score (nSPS) is 11.3. The minimum atomic E-state index is -1.14. The highest BCUT2D eigenvalue weighted by atomic mass is 16.8. The average molecular weight is 407 g/mol. The number of hydrogen-bond donors (Lipinski definition) is 2. The molecule has 0 fully saturated rings. The van der Waals surface area contributed by atoms with E-state index in [1.165, 1.54) is 7.05 Å². The number of rotatable bonds is 9. The lowest BCUT2D eigenvalue weighted by molar-refractivity contribution is -0.169. The Hall–Kier alpha value is -3.10. The average Bonchev–Trinajstić information content (AvgIpc) is 2.70. The van der Waals surface area contributed by atoms with E-state index in [0.717, 1.165) is 10.5 Å². The predicted molar refractivity (Wildman–Crippen MR) is 106 cm³/mol. The van der Waals surface area contributed by atoms with Crippen molar-refractivity contribution in [3.05, 3.63) is 35.9 Å². The third kappa shape index (κ3) is 7.81. The maximum Gasteiger partial charge on any atom is 0.451 e. The van der Waals surface area contributed by atoms with Gasteiger partial charge in [-0.25, -0.2) is 14.4 Å². The summed E-state index contributed by atoms with van der Waals surface area (Å²) in [5.41, 5.74) is 1.07. The summed E-state index contributed by atoms with van der Waals surface area (Å²) < 4.78 is 4.85. The molecule has 0 aliphatic carbocycles. The van der Waals surface area contributed by atoms with E-state index in [4.69, 9.17) is 15.0 Å². The first-order chi connectivity index (χ1) is 13.8. The Kier molecular flexibility index (Phi) is 10.2. The molecule has 9 heteroatoms. The first kappa shape index (κ1) is 23.9. The van der Waals surface area contributed by atoms with E-state index < -0.39 is 30.0 Å². The maximum absolute atomic E-state index is 12.2. The van der Waals surface area contributed by atoms with Crippen LogP contribution in [0.4, 0.5) is 4.79 Å². The van der Waals surface area contributed by atoms with Gasteiger partial charge in [0.2, 0.25) is 5.96 Å². The van der Waals surface area contributed by atoms with Crippen molar-refractivity contribution in [2.45, 2.75) is 52.0 Å². The van der Waals surface area contributed by atoms with Gasteiger partial charge in [-0.1, -0.05) is 48.7 Å². The number of carboxylic acids is 1. The van der Waals surface area contributed by atoms with Gasteiger partial charge in [0, 0.05) is 13.5 Å². The van der Waals surface area contributed by atoms with E-state index in [9.17, 15) is 19.5 Å². The molecular weight excluding hydrogens is 378 g/mol. The molecule has 1 unspecified atom stereocenters. The monoisotopic (exact) mass is 407 g/mol. The molecule has 1 aromatic carbocycles. The minimum absolute atomic E-state index is 0.00913. The van der Waals surface area contributed by atoms with E-state index in [1.807, 2.05) is 37.3 Å². The van der Waals surface area contributed by atoms with E-state index in [-0.39, 0.29) is 19.4 Å². The highest BCUT2D eigenvalue weighted by Crippen LogP contribution is 2.12. The second kappa shape index (κ2) is 12.4. The molecule has 0 aromatic heterocycles. The fourth-order valence-corrected chi connectivity index (χ4v) is 2.63. The first-order valence-electron chi connectivity index (χ1n) is 9.57. The maximum atomic E-state index is 12.2. The number of likely N-dealkylation sites (N-methyl/N-ethyl adjacent to an activating group) is 1. The molecule has 0 aliphatic heterocycles. The standard InChI is InChI=1S/C20H29N3O6/c1-4-10-16(18(25)26)22(3)19(21)23(20(27)28-5-2)29-17(24)14-9-13-15-11-7-6-8-12-15/h6-8,11-12,16,21H,4-5,9-10,13-14H2,1-3H3,(H,25,26). The summed E-state index contributed by atoms with van der Waals surface area (Å²) in [7, 11) is 1.35. The molecule has 0 saturated heterocycles. The Balaban J connectivity index is 2.77. The summed E-state index contributed by atoms with van der Waals surface area (Å²) in [6.45, 7) is 3.39. The number of hydrogen-bond acceptors (Lipinski definition) is 6. The molecule has 0 bridgehead atoms. The molecule has 29 heavy (non-hydrogen) atoms. The van der Waals surface area contributed by atoms with Crippen LogP contribution in [-0.2, 0) is 25.6 Å². The Morgan fingerprint density at radius 3 is 2.38 bits per heavy atom. The summed E-state index contributed by atoms with van der Waals surface area (Å²) in [6.07, 6.45) is 0.949. The number of aliphatic carboxylic acids is 1. The number of amides is 1. The second-order valence-electron chi connectivity index (χ2n) is 6.37. The molecule has 2 N–H and O–H groups in total. The van der Waals surface area contributed by atoms with Gasteiger partial charge < -0.3 is 19.6 Å². The number of aryl methyl sites for hydroxylation is 1. The van der Waals surface area contributed by atoms with Crippen LogP contribution < -0.4 is 0 Å². The van der Waals surface area contributed by atoms with Crippen LogP contribution >= 0.6 is 0 Å². The Morgan fingerprint density at radius 1 is 1.17 bits per heavy atom. The fourth-order valence-electron chi connectivity index (χ4n) is 2.63. The number of nitrogens with zero attached hydrogens (tertiary/aromatic N) is 2. The van der Waals surface area contributed by atoms with Gasteiger partial charge >= 0.3 is 18.0 Å². The number of carbonyl (C=O) groups excluding carboxylic acids is 2. The van der Waals surface area contributed by atoms with Gasteiger partial charge in [0.05, 0.1) is 6.61 Å². The molecular formula is C20H29N3O6. The lowest BCUT2D eigenvalue weighted by Gasteiger charge is -2.30. The van der Waals surface area contributed by atoms with Crippen LogP contribution in [-0.4, -0.2) is 58.8 Å². The molecule has 9 nitrogen and oxygen atoms in total. The third-order valence-electron chi connectivity index (χ3n) is 4.16. The number of benzene rings is 1. The summed E-state index contributed by atoms with van der Waals surface area (Å²) in [5.74, 6) is -2.44. The van der Waals surface area contributed by atoms with E-state index in [1.54, 1.807) is 6.92 Å². The summed E-state index contributed by atoms with van der Waals surface area (Å²) >= 11 is 0. The fraction of sp³-hybridized carbons (Fsp3) is 0.500. The molecule has 0 heterocycles. The van der Waals surface area contributed by atoms with Crippen LogP contribution in [0.25, 0.3) is 0 Å². The zero-order valence-electron chi connectivity index (χ0n) is 17.1. The van der Waals surface area contributed by atoms with Gasteiger partial charge in [-0.2, -0.15) is 0 Å². The molecule has 0 spiro atoms. The molecule has 0 radical (unpaired) electrons. The quantitative estimate of drug-likeness (QED) is 0.367. The topological polar surface area (TPSA) is 120 Å². The van der Waals surface area contributed by atoms with Gasteiger partial charge in [0.1, 0.15) is 6.04 Å². The SMILES string of the molecule is CCCC(C(=O)O)N(C)C(=N)N(OC(=O)CCCc1ccccc1)C(=O)OCC. The van der Waals surface area contributed by atoms with Gasteiger partial charge in [-0.15, -0.1) is 0 Å². The number of carboxylic acid groups (broad SMARTS) is 1. The number of nitrogens with one attached hydrogen (secondary N) is 1. The van der Waals surface area contributed by atoms with Crippen molar-refractivity contribution < 1.29 is 29.1 Å². The van der Waals surface area contributed by atoms with Crippen molar-refractivity contribution in [3.8, 4) is 0 Å². The molecule has 160 valence electrons. The van der Waals surface area contributed by atoms with Gasteiger partial charge in [-0.3, -0.25) is 5.41 Å². The summed E-state index contributed by atoms with van der Waals surface area (Å²) in [6, 6.07) is 8.56. The molecule has 0 aliphatic rings. The Bertz CT molecular complexity index is 695. The van der Waals surface area contributed by atoms with E-state index in [2.05, 4.69) is 0 Å². The van der Waals surface area contributed by atoms with Crippen LogP contribution in [0.2, 0.25) is 0 Å².